The van der Waals surface area contributed by atoms with Gasteiger partial charge in [-0.25, -0.2) is 4.68 Å². The molecule has 2 aromatic rings. The molecule has 1 fully saturated rings. The molecule has 0 spiro atoms. The van der Waals surface area contributed by atoms with E-state index in [1.165, 1.54) is 0 Å². The van der Waals surface area contributed by atoms with Gasteiger partial charge in [-0.05, 0) is 24.1 Å². The molecule has 1 unspecified atom stereocenters. The minimum atomic E-state index is -0.939. The molecule has 0 radical (unpaired) electrons. The van der Waals surface area contributed by atoms with Crippen LogP contribution in [0.3, 0.4) is 0 Å². The van der Waals surface area contributed by atoms with Gasteiger partial charge in [0.05, 0.1) is 42.3 Å². The van der Waals surface area contributed by atoms with Gasteiger partial charge in [-0.15, -0.1) is 0 Å². The number of rotatable bonds is 5. The standard InChI is InChI=1S/C19H22ClN3O4/c1-12(2)18-16(10-21-23(18)14-5-3-4-13(20)8-14)19(26)22-6-7-27-15(11-22)9-17(24)25/h3-5,8,10,12,15H,6-7,9,11H2,1-2H3,(H,24,25). The zero-order chi connectivity index (χ0) is 19.6. The van der Waals surface area contributed by atoms with Crippen molar-refractivity contribution in [2.24, 2.45) is 0 Å². The number of carbonyl (C=O) groups excluding carboxylic acids is 1. The molecule has 144 valence electrons. The van der Waals surface area contributed by atoms with Gasteiger partial charge in [-0.2, -0.15) is 5.10 Å². The molecule has 27 heavy (non-hydrogen) atoms. The Hall–Kier alpha value is -2.38. The van der Waals surface area contributed by atoms with Crippen molar-refractivity contribution >= 4 is 23.5 Å². The van der Waals surface area contributed by atoms with Gasteiger partial charge >= 0.3 is 5.97 Å². The van der Waals surface area contributed by atoms with Crippen LogP contribution in [-0.4, -0.2) is 57.5 Å². The first-order chi connectivity index (χ1) is 12.9. The van der Waals surface area contributed by atoms with Crippen LogP contribution in [0.1, 0.15) is 42.2 Å². The molecule has 1 aliphatic rings. The number of carbonyl (C=O) groups is 2. The molecular weight excluding hydrogens is 370 g/mol. The molecule has 1 aromatic heterocycles. The summed E-state index contributed by atoms with van der Waals surface area (Å²) in [7, 11) is 0. The Bertz CT molecular complexity index is 849. The van der Waals surface area contributed by atoms with Gasteiger partial charge in [0, 0.05) is 18.1 Å². The Labute approximate surface area is 162 Å². The summed E-state index contributed by atoms with van der Waals surface area (Å²) in [5.41, 5.74) is 2.10. The normalized spacial score (nSPS) is 17.3. The van der Waals surface area contributed by atoms with E-state index >= 15 is 0 Å². The molecule has 0 saturated carbocycles. The van der Waals surface area contributed by atoms with Crippen LogP contribution in [0.5, 0.6) is 0 Å². The minimum absolute atomic E-state index is 0.0567. The molecule has 0 aliphatic carbocycles. The molecule has 2 heterocycles. The molecule has 1 aliphatic heterocycles. The monoisotopic (exact) mass is 391 g/mol. The zero-order valence-corrected chi connectivity index (χ0v) is 16.0. The number of benzene rings is 1. The van der Waals surface area contributed by atoms with Crippen molar-refractivity contribution in [1.29, 1.82) is 0 Å². The number of hydrogen-bond acceptors (Lipinski definition) is 4. The maximum absolute atomic E-state index is 13.1. The third kappa shape index (κ3) is 4.31. The van der Waals surface area contributed by atoms with E-state index < -0.39 is 12.1 Å². The number of carboxylic acid groups (broad SMARTS) is 1. The van der Waals surface area contributed by atoms with Crippen molar-refractivity contribution in [2.75, 3.05) is 19.7 Å². The second-order valence-corrected chi connectivity index (χ2v) is 7.27. The largest absolute Gasteiger partial charge is 0.481 e. The number of halogens is 1. The van der Waals surface area contributed by atoms with Crippen LogP contribution in [0.25, 0.3) is 5.69 Å². The Kier molecular flexibility index (Phi) is 5.82. The minimum Gasteiger partial charge on any atom is -0.481 e. The first-order valence-corrected chi connectivity index (χ1v) is 9.21. The highest BCUT2D eigenvalue weighted by molar-refractivity contribution is 6.30. The fourth-order valence-electron chi connectivity index (χ4n) is 3.28. The van der Waals surface area contributed by atoms with Crippen LogP contribution < -0.4 is 0 Å². The highest BCUT2D eigenvalue weighted by atomic mass is 35.5. The third-order valence-electron chi connectivity index (χ3n) is 4.46. The predicted octanol–water partition coefficient (Wildman–Crippen LogP) is 2.96. The Morgan fingerprint density at radius 1 is 1.41 bits per heavy atom. The summed E-state index contributed by atoms with van der Waals surface area (Å²) in [6.45, 7) is 5.01. The topological polar surface area (TPSA) is 84.7 Å². The number of amides is 1. The van der Waals surface area contributed by atoms with Crippen LogP contribution in [0.15, 0.2) is 30.5 Å². The molecule has 1 amide bonds. The van der Waals surface area contributed by atoms with Crippen LogP contribution >= 0.6 is 11.6 Å². The smallest absolute Gasteiger partial charge is 0.306 e. The summed E-state index contributed by atoms with van der Waals surface area (Å²) in [6, 6.07) is 7.30. The molecule has 7 nitrogen and oxygen atoms in total. The molecule has 1 saturated heterocycles. The number of aliphatic carboxylic acids is 1. The van der Waals surface area contributed by atoms with E-state index in [9.17, 15) is 9.59 Å². The summed E-state index contributed by atoms with van der Waals surface area (Å²) in [4.78, 5) is 25.7. The maximum Gasteiger partial charge on any atom is 0.306 e. The lowest BCUT2D eigenvalue weighted by Crippen LogP contribution is -2.46. The number of morpholine rings is 1. The Balaban J connectivity index is 1.90. The van der Waals surface area contributed by atoms with E-state index in [0.717, 1.165) is 11.4 Å². The van der Waals surface area contributed by atoms with Crippen molar-refractivity contribution in [3.8, 4) is 5.69 Å². The van der Waals surface area contributed by atoms with Crippen molar-refractivity contribution in [1.82, 2.24) is 14.7 Å². The van der Waals surface area contributed by atoms with Gasteiger partial charge < -0.3 is 14.7 Å². The van der Waals surface area contributed by atoms with Crippen molar-refractivity contribution < 1.29 is 19.4 Å². The van der Waals surface area contributed by atoms with Crippen molar-refractivity contribution in [3.63, 3.8) is 0 Å². The van der Waals surface area contributed by atoms with Gasteiger partial charge in [0.15, 0.2) is 0 Å². The van der Waals surface area contributed by atoms with Gasteiger partial charge in [-0.1, -0.05) is 31.5 Å². The first-order valence-electron chi connectivity index (χ1n) is 8.83. The highest BCUT2D eigenvalue weighted by Crippen LogP contribution is 2.26. The predicted molar refractivity (Wildman–Crippen MR) is 101 cm³/mol. The van der Waals surface area contributed by atoms with Crippen LogP contribution in [0, 0.1) is 0 Å². The van der Waals surface area contributed by atoms with Crippen LogP contribution in [0.2, 0.25) is 5.02 Å². The lowest BCUT2D eigenvalue weighted by molar-refractivity contribution is -0.141. The van der Waals surface area contributed by atoms with E-state index in [1.807, 2.05) is 26.0 Å². The van der Waals surface area contributed by atoms with Crippen LogP contribution in [-0.2, 0) is 9.53 Å². The molecular formula is C19H22ClN3O4. The van der Waals surface area contributed by atoms with Gasteiger partial charge in [-0.3, -0.25) is 9.59 Å². The second-order valence-electron chi connectivity index (χ2n) is 6.83. The second kappa shape index (κ2) is 8.10. The van der Waals surface area contributed by atoms with E-state index in [0.29, 0.717) is 23.7 Å². The highest BCUT2D eigenvalue weighted by Gasteiger charge is 2.30. The summed E-state index contributed by atoms with van der Waals surface area (Å²) >= 11 is 6.10. The third-order valence-corrected chi connectivity index (χ3v) is 4.70. The lowest BCUT2D eigenvalue weighted by Gasteiger charge is -2.32. The van der Waals surface area contributed by atoms with Crippen molar-refractivity contribution in [3.05, 3.63) is 46.7 Å². The number of carboxylic acids is 1. The zero-order valence-electron chi connectivity index (χ0n) is 15.3. The summed E-state index contributed by atoms with van der Waals surface area (Å²) in [5.74, 6) is -1.04. The van der Waals surface area contributed by atoms with E-state index in [2.05, 4.69) is 5.10 Å². The van der Waals surface area contributed by atoms with E-state index in [-0.39, 0.29) is 24.8 Å². The summed E-state index contributed by atoms with van der Waals surface area (Å²) in [6.07, 6.45) is 0.953. The quantitative estimate of drug-likeness (QED) is 0.846. The average Bonchev–Trinajstić information content (AvgIpc) is 3.06. The fraction of sp³-hybridized carbons (Fsp3) is 0.421. The average molecular weight is 392 g/mol. The summed E-state index contributed by atoms with van der Waals surface area (Å²) in [5, 5.41) is 14.0. The maximum atomic E-state index is 13.1. The molecule has 0 bridgehead atoms. The Morgan fingerprint density at radius 3 is 2.85 bits per heavy atom. The molecule has 1 N–H and O–H groups in total. The van der Waals surface area contributed by atoms with E-state index in [1.54, 1.807) is 27.9 Å². The number of aromatic nitrogens is 2. The molecule has 8 heteroatoms. The number of hydrogen-bond donors (Lipinski definition) is 1. The van der Waals surface area contributed by atoms with Crippen LogP contribution in [0.4, 0.5) is 0 Å². The van der Waals surface area contributed by atoms with Gasteiger partial charge in [0.2, 0.25) is 0 Å². The number of nitrogens with zero attached hydrogens (tertiary/aromatic N) is 3. The first kappa shape index (κ1) is 19.4. The van der Waals surface area contributed by atoms with Gasteiger partial charge in [0.1, 0.15) is 0 Å². The SMILES string of the molecule is CC(C)c1c(C(=O)N2CCOC(CC(=O)O)C2)cnn1-c1cccc(Cl)c1. The fourth-order valence-corrected chi connectivity index (χ4v) is 3.47. The molecule has 3 rings (SSSR count). The molecule has 1 aromatic carbocycles. The summed E-state index contributed by atoms with van der Waals surface area (Å²) < 4.78 is 7.20. The molecule has 1 atom stereocenters. The number of ether oxygens (including phenoxy) is 1. The van der Waals surface area contributed by atoms with Crippen molar-refractivity contribution in [2.45, 2.75) is 32.3 Å². The lowest BCUT2D eigenvalue weighted by atomic mass is 10.0. The van der Waals surface area contributed by atoms with Gasteiger partial charge in [0.25, 0.3) is 5.91 Å². The van der Waals surface area contributed by atoms with E-state index in [4.69, 9.17) is 21.4 Å². The Morgan fingerprint density at radius 2 is 2.19 bits per heavy atom.